The van der Waals surface area contributed by atoms with E-state index < -0.39 is 17.7 Å². The second-order valence-corrected chi connectivity index (χ2v) is 6.86. The Kier molecular flexibility index (Phi) is 3.22. The lowest BCUT2D eigenvalue weighted by molar-refractivity contribution is -0.177. The fraction of sp³-hybridized carbons (Fsp3) is 0.812. The lowest BCUT2D eigenvalue weighted by Gasteiger charge is -2.30. The first-order chi connectivity index (χ1) is 9.43. The summed E-state index contributed by atoms with van der Waals surface area (Å²) in [6.07, 6.45) is 3.78. The maximum atomic E-state index is 12.0. The molecule has 1 saturated carbocycles. The number of carbonyl (C=O) groups excluding carboxylic acids is 1. The Labute approximate surface area is 120 Å². The Morgan fingerprint density at radius 1 is 1.40 bits per heavy atom. The first kappa shape index (κ1) is 14.1. The van der Waals surface area contributed by atoms with E-state index in [9.17, 15) is 9.90 Å². The number of allylic oxidation sites excluding steroid dienone is 1. The highest BCUT2D eigenvalue weighted by molar-refractivity contribution is 5.80. The zero-order chi connectivity index (χ0) is 14.5. The lowest BCUT2D eigenvalue weighted by atomic mass is 9.78. The smallest absolute Gasteiger partial charge is 0.340 e. The predicted molar refractivity (Wildman–Crippen MR) is 74.1 cm³/mol. The van der Waals surface area contributed by atoms with Gasteiger partial charge in [-0.3, -0.25) is 0 Å². The summed E-state index contributed by atoms with van der Waals surface area (Å²) in [4.78, 5) is 12.0. The van der Waals surface area contributed by atoms with E-state index in [-0.39, 0.29) is 5.41 Å². The molecule has 4 nitrogen and oxygen atoms in total. The quantitative estimate of drug-likeness (QED) is 0.622. The summed E-state index contributed by atoms with van der Waals surface area (Å²) in [5, 5.41) is 10.8. The number of ether oxygens (including phenoxy) is 2. The summed E-state index contributed by atoms with van der Waals surface area (Å²) in [5.74, 6) is -0.0148. The van der Waals surface area contributed by atoms with Gasteiger partial charge in [-0.25, -0.2) is 4.79 Å². The monoisotopic (exact) mass is 280 g/mol. The molecule has 2 bridgehead atoms. The first-order valence-electron chi connectivity index (χ1n) is 7.58. The summed E-state index contributed by atoms with van der Waals surface area (Å²) >= 11 is 0. The Hall–Kier alpha value is -0.870. The number of rotatable bonds is 2. The lowest BCUT2D eigenvalue weighted by Crippen LogP contribution is -2.49. The minimum atomic E-state index is -1.47. The molecule has 20 heavy (non-hydrogen) atoms. The molecule has 1 aliphatic heterocycles. The van der Waals surface area contributed by atoms with Crippen molar-refractivity contribution in [2.24, 2.45) is 11.3 Å². The minimum Gasteiger partial charge on any atom is -0.467 e. The van der Waals surface area contributed by atoms with Gasteiger partial charge in [0, 0.05) is 5.41 Å². The number of fused-ring (bicyclic) bond motifs is 1. The highest BCUT2D eigenvalue weighted by atomic mass is 16.6. The topological polar surface area (TPSA) is 55.8 Å². The molecule has 4 heteroatoms. The van der Waals surface area contributed by atoms with Gasteiger partial charge < -0.3 is 14.6 Å². The molecule has 0 aromatic heterocycles. The molecule has 1 spiro atoms. The molecule has 0 aromatic rings. The molecule has 1 heterocycles. The van der Waals surface area contributed by atoms with Crippen LogP contribution < -0.4 is 0 Å². The van der Waals surface area contributed by atoms with Crippen molar-refractivity contribution in [3.63, 3.8) is 0 Å². The van der Waals surface area contributed by atoms with Crippen LogP contribution in [0.15, 0.2) is 11.1 Å². The van der Waals surface area contributed by atoms with Crippen molar-refractivity contribution < 1.29 is 19.4 Å². The van der Waals surface area contributed by atoms with Crippen molar-refractivity contribution in [2.75, 3.05) is 13.7 Å². The van der Waals surface area contributed by atoms with Crippen LogP contribution in [0.2, 0.25) is 0 Å². The van der Waals surface area contributed by atoms with Crippen LogP contribution in [0.5, 0.6) is 0 Å². The van der Waals surface area contributed by atoms with E-state index in [1.165, 1.54) is 18.3 Å². The van der Waals surface area contributed by atoms with Crippen molar-refractivity contribution in [1.29, 1.82) is 0 Å². The van der Waals surface area contributed by atoms with E-state index in [0.717, 1.165) is 25.7 Å². The van der Waals surface area contributed by atoms with Crippen LogP contribution in [0.3, 0.4) is 0 Å². The highest BCUT2D eigenvalue weighted by Gasteiger charge is 2.58. The number of methoxy groups -OCH3 is 1. The van der Waals surface area contributed by atoms with Crippen LogP contribution in [-0.4, -0.2) is 36.5 Å². The minimum absolute atomic E-state index is 0.0722. The highest BCUT2D eigenvalue weighted by Crippen LogP contribution is 2.57. The van der Waals surface area contributed by atoms with E-state index in [2.05, 4.69) is 13.8 Å². The Morgan fingerprint density at radius 3 is 2.80 bits per heavy atom. The van der Waals surface area contributed by atoms with E-state index in [4.69, 9.17) is 9.47 Å². The fourth-order valence-electron chi connectivity index (χ4n) is 4.39. The van der Waals surface area contributed by atoms with Gasteiger partial charge in [0.25, 0.3) is 0 Å². The Balaban J connectivity index is 2.00. The van der Waals surface area contributed by atoms with Gasteiger partial charge in [0.1, 0.15) is 0 Å². The molecular formula is C16H24O4. The van der Waals surface area contributed by atoms with Crippen LogP contribution in [0.1, 0.15) is 46.0 Å². The zero-order valence-electron chi connectivity index (χ0n) is 12.6. The zero-order valence-corrected chi connectivity index (χ0v) is 12.6. The summed E-state index contributed by atoms with van der Waals surface area (Å²) in [7, 11) is 1.33. The molecule has 3 rings (SSSR count). The van der Waals surface area contributed by atoms with Crippen molar-refractivity contribution in [1.82, 2.24) is 0 Å². The van der Waals surface area contributed by atoms with Crippen LogP contribution in [-0.2, 0) is 14.3 Å². The van der Waals surface area contributed by atoms with Crippen molar-refractivity contribution in [2.45, 2.75) is 57.7 Å². The largest absolute Gasteiger partial charge is 0.467 e. The van der Waals surface area contributed by atoms with Gasteiger partial charge in [-0.05, 0) is 38.0 Å². The molecular weight excluding hydrogens is 256 g/mol. The van der Waals surface area contributed by atoms with E-state index in [0.29, 0.717) is 18.9 Å². The summed E-state index contributed by atoms with van der Waals surface area (Å²) < 4.78 is 10.7. The molecule has 2 fully saturated rings. The number of aliphatic hydroxyl groups is 1. The van der Waals surface area contributed by atoms with Gasteiger partial charge in [-0.2, -0.15) is 0 Å². The van der Waals surface area contributed by atoms with Gasteiger partial charge in [0.15, 0.2) is 5.60 Å². The summed E-state index contributed by atoms with van der Waals surface area (Å²) in [6, 6.07) is 0. The Bertz CT molecular complexity index is 467. The molecule has 3 atom stereocenters. The number of hydrogen-bond donors (Lipinski definition) is 1. The van der Waals surface area contributed by atoms with Crippen LogP contribution in [0.4, 0.5) is 0 Å². The SMILES string of the molecule is COC(=O)[C@]1(O)CCC2=C(C(C)C)CC[C@]23CO[C@H]1C3. The molecule has 1 N–H and O–H groups in total. The van der Waals surface area contributed by atoms with Crippen molar-refractivity contribution in [3.05, 3.63) is 11.1 Å². The van der Waals surface area contributed by atoms with Crippen LogP contribution in [0.25, 0.3) is 0 Å². The van der Waals surface area contributed by atoms with Gasteiger partial charge in [0.2, 0.25) is 0 Å². The molecule has 1 saturated heterocycles. The van der Waals surface area contributed by atoms with Gasteiger partial charge in [-0.1, -0.05) is 25.0 Å². The van der Waals surface area contributed by atoms with Gasteiger partial charge in [-0.15, -0.1) is 0 Å². The second-order valence-electron chi connectivity index (χ2n) is 6.86. The third-order valence-electron chi connectivity index (χ3n) is 5.56. The second kappa shape index (κ2) is 4.57. The molecule has 0 aromatic carbocycles. The average Bonchev–Trinajstić information content (AvgIpc) is 2.97. The summed E-state index contributed by atoms with van der Waals surface area (Å²) in [5.41, 5.74) is 1.57. The number of hydrogen-bond acceptors (Lipinski definition) is 4. The predicted octanol–water partition coefficient (Wildman–Crippen LogP) is 2.21. The van der Waals surface area contributed by atoms with Crippen LogP contribution in [0, 0.1) is 11.3 Å². The molecule has 0 unspecified atom stereocenters. The first-order valence-corrected chi connectivity index (χ1v) is 7.58. The molecule has 0 radical (unpaired) electrons. The third-order valence-corrected chi connectivity index (χ3v) is 5.56. The normalized spacial score (nSPS) is 40.0. The Morgan fingerprint density at radius 2 is 2.15 bits per heavy atom. The number of esters is 1. The van der Waals surface area contributed by atoms with Gasteiger partial charge >= 0.3 is 5.97 Å². The average molecular weight is 280 g/mol. The fourth-order valence-corrected chi connectivity index (χ4v) is 4.39. The molecule has 3 aliphatic rings. The van der Waals surface area contributed by atoms with E-state index in [1.54, 1.807) is 0 Å². The maximum absolute atomic E-state index is 12.0. The standard InChI is InChI=1S/C16H24O4/c1-10(2)11-4-6-15-8-13(20-9-15)16(18,14(17)19-3)7-5-12(11)15/h10,13,18H,4-9H2,1-3H3/t13-,15-,16-/m0/s1. The third kappa shape index (κ3) is 1.77. The maximum Gasteiger partial charge on any atom is 0.340 e. The number of carbonyl (C=O) groups is 1. The van der Waals surface area contributed by atoms with E-state index >= 15 is 0 Å². The molecule has 0 amide bonds. The van der Waals surface area contributed by atoms with Gasteiger partial charge in [0.05, 0.1) is 19.8 Å². The van der Waals surface area contributed by atoms with Crippen molar-refractivity contribution >= 4 is 5.97 Å². The van der Waals surface area contributed by atoms with E-state index in [1.807, 2.05) is 0 Å². The molecule has 112 valence electrons. The summed E-state index contributed by atoms with van der Waals surface area (Å²) in [6.45, 7) is 5.10. The van der Waals surface area contributed by atoms with Crippen molar-refractivity contribution in [3.8, 4) is 0 Å². The molecule has 2 aliphatic carbocycles. The van der Waals surface area contributed by atoms with Crippen LogP contribution >= 0.6 is 0 Å².